The quantitative estimate of drug-likeness (QED) is 0.825. The first-order chi connectivity index (χ1) is 9.71. The molecule has 4 nitrogen and oxygen atoms in total. The third-order valence-electron chi connectivity index (χ3n) is 4.10. The molecule has 1 aromatic rings. The molecule has 2 unspecified atom stereocenters. The predicted molar refractivity (Wildman–Crippen MR) is 85.2 cm³/mol. The molecule has 1 aliphatic rings. The van der Waals surface area contributed by atoms with E-state index >= 15 is 0 Å². The molecule has 1 aromatic heterocycles. The summed E-state index contributed by atoms with van der Waals surface area (Å²) in [6.07, 6.45) is 7.64. The van der Waals surface area contributed by atoms with Gasteiger partial charge in [-0.25, -0.2) is 4.98 Å². The third kappa shape index (κ3) is 4.36. The number of nitrogens with one attached hydrogen (secondary N) is 2. The highest BCUT2D eigenvalue weighted by atomic mass is 15.1. The van der Waals surface area contributed by atoms with Crippen LogP contribution < -0.4 is 10.6 Å². The van der Waals surface area contributed by atoms with Gasteiger partial charge in [-0.3, -0.25) is 0 Å². The van der Waals surface area contributed by atoms with Crippen LogP contribution in [0.5, 0.6) is 0 Å². The summed E-state index contributed by atoms with van der Waals surface area (Å²) >= 11 is 0. The van der Waals surface area contributed by atoms with E-state index in [1.54, 1.807) is 0 Å². The second kappa shape index (κ2) is 7.46. The Bertz CT molecular complexity index is 419. The van der Waals surface area contributed by atoms with Gasteiger partial charge in [0.25, 0.3) is 0 Å². The summed E-state index contributed by atoms with van der Waals surface area (Å²) in [5.41, 5.74) is 1.02. The van der Waals surface area contributed by atoms with Crippen LogP contribution in [0, 0.1) is 12.8 Å². The molecule has 1 fully saturated rings. The minimum absolute atomic E-state index is 0.571. The maximum atomic E-state index is 4.58. The fourth-order valence-corrected chi connectivity index (χ4v) is 2.96. The van der Waals surface area contributed by atoms with Gasteiger partial charge in [0, 0.05) is 24.3 Å². The highest BCUT2D eigenvalue weighted by molar-refractivity contribution is 5.42. The lowest BCUT2D eigenvalue weighted by atomic mass is 9.84. The zero-order valence-electron chi connectivity index (χ0n) is 13.1. The van der Waals surface area contributed by atoms with Crippen LogP contribution in [0.1, 0.15) is 58.1 Å². The summed E-state index contributed by atoms with van der Waals surface area (Å²) in [6, 6.07) is 2.62. The fraction of sp³-hybridized carbons (Fsp3) is 0.750. The Morgan fingerprint density at radius 1 is 1.25 bits per heavy atom. The van der Waals surface area contributed by atoms with E-state index in [4.69, 9.17) is 0 Å². The minimum atomic E-state index is 0.571. The average Bonchev–Trinajstić information content (AvgIpc) is 2.44. The van der Waals surface area contributed by atoms with Gasteiger partial charge in [0.05, 0.1) is 0 Å². The van der Waals surface area contributed by atoms with E-state index in [1.807, 2.05) is 13.0 Å². The van der Waals surface area contributed by atoms with Gasteiger partial charge in [-0.05, 0) is 32.1 Å². The molecule has 0 radical (unpaired) electrons. The molecule has 1 heterocycles. The first-order valence-electron chi connectivity index (χ1n) is 8.07. The largest absolute Gasteiger partial charge is 0.367 e. The normalized spacial score (nSPS) is 22.6. The molecule has 2 atom stereocenters. The summed E-state index contributed by atoms with van der Waals surface area (Å²) < 4.78 is 0. The van der Waals surface area contributed by atoms with Crippen molar-refractivity contribution in [1.82, 2.24) is 9.97 Å². The van der Waals surface area contributed by atoms with Crippen LogP contribution in [0.2, 0.25) is 0 Å². The average molecular weight is 276 g/mol. The Balaban J connectivity index is 1.99. The molecule has 2 rings (SSSR count). The first-order valence-corrected chi connectivity index (χ1v) is 8.07. The van der Waals surface area contributed by atoms with Gasteiger partial charge in [-0.2, -0.15) is 4.98 Å². The SMILES string of the molecule is CCCNc1nc(C)cc(NC2CCCC(CC)C2)n1. The van der Waals surface area contributed by atoms with Crippen LogP contribution in [-0.2, 0) is 0 Å². The number of aromatic nitrogens is 2. The predicted octanol–water partition coefficient (Wildman–Crippen LogP) is 3.99. The van der Waals surface area contributed by atoms with Gasteiger partial charge in [0.1, 0.15) is 5.82 Å². The molecule has 0 aliphatic heterocycles. The Hall–Kier alpha value is -1.32. The molecule has 2 N–H and O–H groups in total. The molecule has 112 valence electrons. The van der Waals surface area contributed by atoms with Gasteiger partial charge in [0.15, 0.2) is 0 Å². The second-order valence-corrected chi connectivity index (χ2v) is 5.93. The Kier molecular flexibility index (Phi) is 5.62. The summed E-state index contributed by atoms with van der Waals surface area (Å²) in [5.74, 6) is 2.59. The molecular weight excluding hydrogens is 248 g/mol. The molecule has 0 bridgehead atoms. The van der Waals surface area contributed by atoms with Crippen LogP contribution >= 0.6 is 0 Å². The first kappa shape index (κ1) is 15.1. The number of nitrogens with zero attached hydrogens (tertiary/aromatic N) is 2. The standard InChI is InChI=1S/C16H28N4/c1-4-9-17-16-18-12(3)10-15(20-16)19-14-8-6-7-13(5-2)11-14/h10,13-14H,4-9,11H2,1-3H3,(H2,17,18,19,20). The smallest absolute Gasteiger partial charge is 0.224 e. The van der Waals surface area contributed by atoms with Crippen molar-refractivity contribution < 1.29 is 0 Å². The lowest BCUT2D eigenvalue weighted by Gasteiger charge is -2.29. The fourth-order valence-electron chi connectivity index (χ4n) is 2.96. The van der Waals surface area contributed by atoms with E-state index in [1.165, 1.54) is 32.1 Å². The van der Waals surface area contributed by atoms with E-state index < -0.39 is 0 Å². The Morgan fingerprint density at radius 2 is 2.10 bits per heavy atom. The highest BCUT2D eigenvalue weighted by Gasteiger charge is 2.21. The van der Waals surface area contributed by atoms with Crippen LogP contribution in [0.25, 0.3) is 0 Å². The Morgan fingerprint density at radius 3 is 2.85 bits per heavy atom. The molecule has 0 spiro atoms. The maximum absolute atomic E-state index is 4.58. The van der Waals surface area contributed by atoms with Gasteiger partial charge in [0.2, 0.25) is 5.95 Å². The summed E-state index contributed by atoms with van der Waals surface area (Å²) in [7, 11) is 0. The van der Waals surface area contributed by atoms with E-state index in [9.17, 15) is 0 Å². The lowest BCUT2D eigenvalue weighted by Crippen LogP contribution is -2.27. The molecule has 1 saturated carbocycles. The van der Waals surface area contributed by atoms with E-state index in [2.05, 4.69) is 34.4 Å². The molecule has 1 aliphatic carbocycles. The topological polar surface area (TPSA) is 49.8 Å². The minimum Gasteiger partial charge on any atom is -0.367 e. The van der Waals surface area contributed by atoms with Crippen molar-refractivity contribution in [2.24, 2.45) is 5.92 Å². The lowest BCUT2D eigenvalue weighted by molar-refractivity contribution is 0.327. The molecule has 0 amide bonds. The monoisotopic (exact) mass is 276 g/mol. The summed E-state index contributed by atoms with van der Waals surface area (Å²) in [4.78, 5) is 9.02. The van der Waals surface area contributed by atoms with Gasteiger partial charge in [-0.1, -0.05) is 33.1 Å². The van der Waals surface area contributed by atoms with Crippen LogP contribution in [-0.4, -0.2) is 22.6 Å². The van der Waals surface area contributed by atoms with E-state index in [0.29, 0.717) is 6.04 Å². The maximum Gasteiger partial charge on any atom is 0.224 e. The van der Waals surface area contributed by atoms with Crippen molar-refractivity contribution in [3.8, 4) is 0 Å². The van der Waals surface area contributed by atoms with Crippen LogP contribution in [0.3, 0.4) is 0 Å². The molecule has 20 heavy (non-hydrogen) atoms. The van der Waals surface area contributed by atoms with Gasteiger partial charge in [-0.15, -0.1) is 0 Å². The van der Waals surface area contributed by atoms with Crippen molar-refractivity contribution in [1.29, 1.82) is 0 Å². The summed E-state index contributed by atoms with van der Waals surface area (Å²) in [6.45, 7) is 7.40. The number of aryl methyl sites for hydroxylation is 1. The zero-order chi connectivity index (χ0) is 14.4. The van der Waals surface area contributed by atoms with Gasteiger partial charge < -0.3 is 10.6 Å². The van der Waals surface area contributed by atoms with Crippen molar-refractivity contribution in [3.63, 3.8) is 0 Å². The van der Waals surface area contributed by atoms with Crippen molar-refractivity contribution in [2.75, 3.05) is 17.2 Å². The van der Waals surface area contributed by atoms with Crippen LogP contribution in [0.4, 0.5) is 11.8 Å². The van der Waals surface area contributed by atoms with Crippen molar-refractivity contribution >= 4 is 11.8 Å². The van der Waals surface area contributed by atoms with E-state index in [0.717, 1.165) is 36.3 Å². The van der Waals surface area contributed by atoms with Gasteiger partial charge >= 0.3 is 0 Å². The van der Waals surface area contributed by atoms with Crippen LogP contribution in [0.15, 0.2) is 6.07 Å². The van der Waals surface area contributed by atoms with Crippen molar-refractivity contribution in [3.05, 3.63) is 11.8 Å². The Labute approximate surface area is 122 Å². The number of hydrogen-bond acceptors (Lipinski definition) is 4. The number of hydrogen-bond donors (Lipinski definition) is 2. The highest BCUT2D eigenvalue weighted by Crippen LogP contribution is 2.28. The molecular formula is C16H28N4. The number of anilines is 2. The van der Waals surface area contributed by atoms with E-state index in [-0.39, 0.29) is 0 Å². The molecule has 0 aromatic carbocycles. The number of rotatable bonds is 6. The molecule has 0 saturated heterocycles. The van der Waals surface area contributed by atoms with Crippen molar-refractivity contribution in [2.45, 2.75) is 65.3 Å². The second-order valence-electron chi connectivity index (χ2n) is 5.93. The summed E-state index contributed by atoms with van der Waals surface area (Å²) in [5, 5.41) is 6.88. The zero-order valence-corrected chi connectivity index (χ0v) is 13.1. The molecule has 4 heteroatoms. The third-order valence-corrected chi connectivity index (χ3v) is 4.10.